The molecule has 2 heterocycles. The van der Waals surface area contributed by atoms with E-state index in [1.165, 1.54) is 11.3 Å². The topological polar surface area (TPSA) is 47.5 Å². The Morgan fingerprint density at radius 3 is 2.95 bits per heavy atom. The summed E-state index contributed by atoms with van der Waals surface area (Å²) < 4.78 is 37.3. The molecule has 0 amide bonds. The maximum absolute atomic E-state index is 13.5. The van der Waals surface area contributed by atoms with Gasteiger partial charge in [-0.2, -0.15) is 0 Å². The molecule has 1 aromatic heterocycles. The number of ether oxygens (including phenoxy) is 2. The van der Waals surface area contributed by atoms with E-state index in [1.807, 2.05) is 4.90 Å². The van der Waals surface area contributed by atoms with Crippen LogP contribution in [0, 0.1) is 5.41 Å². The summed E-state index contributed by atoms with van der Waals surface area (Å²) in [5.74, 6) is -2.62. The first kappa shape index (κ1) is 13.1. The van der Waals surface area contributed by atoms with Crippen LogP contribution in [0.15, 0.2) is 0 Å². The zero-order chi connectivity index (χ0) is 13.5. The highest BCUT2D eigenvalue weighted by molar-refractivity contribution is 7.15. The molecule has 1 atom stereocenters. The number of hydrogen-bond acceptors (Lipinski definition) is 6. The molecule has 106 valence electrons. The molecular formula is C11H15F2N3O2S. The van der Waals surface area contributed by atoms with Crippen LogP contribution >= 0.6 is 11.3 Å². The first-order valence-electron chi connectivity index (χ1n) is 6.08. The lowest BCUT2D eigenvalue weighted by Crippen LogP contribution is -2.33. The van der Waals surface area contributed by atoms with Gasteiger partial charge in [-0.05, 0) is 0 Å². The quantitative estimate of drug-likeness (QED) is 0.845. The molecule has 1 aromatic rings. The second kappa shape index (κ2) is 4.60. The van der Waals surface area contributed by atoms with Crippen LogP contribution in [0.25, 0.3) is 0 Å². The normalized spacial score (nSPS) is 29.5. The van der Waals surface area contributed by atoms with Gasteiger partial charge in [-0.3, -0.25) is 0 Å². The molecule has 8 heteroatoms. The minimum atomic E-state index is -2.62. The number of aromatic nitrogens is 2. The first-order chi connectivity index (χ1) is 9.06. The molecule has 0 N–H and O–H groups in total. The maximum atomic E-state index is 13.5. The van der Waals surface area contributed by atoms with E-state index in [4.69, 9.17) is 9.47 Å². The van der Waals surface area contributed by atoms with Gasteiger partial charge in [0.15, 0.2) is 0 Å². The molecule has 1 aliphatic carbocycles. The highest BCUT2D eigenvalue weighted by Crippen LogP contribution is 2.61. The van der Waals surface area contributed by atoms with Crippen molar-refractivity contribution in [2.75, 3.05) is 38.3 Å². The lowest BCUT2D eigenvalue weighted by atomic mass is 10.1. The van der Waals surface area contributed by atoms with Gasteiger partial charge in [0.1, 0.15) is 11.6 Å². The first-order valence-corrected chi connectivity index (χ1v) is 6.90. The molecule has 0 aromatic carbocycles. The molecule has 2 fully saturated rings. The van der Waals surface area contributed by atoms with Crippen LogP contribution in [0.5, 0.6) is 0 Å². The van der Waals surface area contributed by atoms with E-state index in [1.54, 1.807) is 7.11 Å². The highest BCUT2D eigenvalue weighted by Gasteiger charge is 2.72. The Morgan fingerprint density at radius 1 is 1.47 bits per heavy atom. The van der Waals surface area contributed by atoms with Crippen LogP contribution in [0.3, 0.4) is 0 Å². The fourth-order valence-corrected chi connectivity index (χ4v) is 3.19. The second-order valence-corrected chi connectivity index (χ2v) is 6.09. The van der Waals surface area contributed by atoms with Crippen LogP contribution < -0.4 is 4.90 Å². The molecule has 1 unspecified atom stereocenters. The third-order valence-corrected chi connectivity index (χ3v) is 4.54. The van der Waals surface area contributed by atoms with Crippen molar-refractivity contribution in [3.05, 3.63) is 5.01 Å². The summed E-state index contributed by atoms with van der Waals surface area (Å²) in [6, 6.07) is 0. The summed E-state index contributed by atoms with van der Waals surface area (Å²) in [5.41, 5.74) is -1.03. The van der Waals surface area contributed by atoms with Crippen LogP contribution in [-0.4, -0.2) is 49.5 Å². The summed E-state index contributed by atoms with van der Waals surface area (Å²) in [6.07, 6.45) is -0.0970. The van der Waals surface area contributed by atoms with Gasteiger partial charge in [-0.25, -0.2) is 8.78 Å². The van der Waals surface area contributed by atoms with E-state index in [-0.39, 0.29) is 19.6 Å². The van der Waals surface area contributed by atoms with Gasteiger partial charge < -0.3 is 14.4 Å². The molecule has 0 radical (unpaired) electrons. The molecule has 1 saturated carbocycles. The van der Waals surface area contributed by atoms with Crippen LogP contribution in [-0.2, 0) is 16.1 Å². The van der Waals surface area contributed by atoms with E-state index in [2.05, 4.69) is 10.2 Å². The van der Waals surface area contributed by atoms with Crippen LogP contribution in [0.1, 0.15) is 11.4 Å². The number of alkyl halides is 2. The Hall–Kier alpha value is -0.860. The van der Waals surface area contributed by atoms with Gasteiger partial charge in [0.05, 0.1) is 18.6 Å². The third-order valence-electron chi connectivity index (χ3n) is 3.58. The molecule has 19 heavy (non-hydrogen) atoms. The molecule has 2 aliphatic rings. The minimum absolute atomic E-state index is 0.0970. The zero-order valence-electron chi connectivity index (χ0n) is 10.6. The fraction of sp³-hybridized carbons (Fsp3) is 0.818. The van der Waals surface area contributed by atoms with Crippen molar-refractivity contribution < 1.29 is 18.3 Å². The van der Waals surface area contributed by atoms with Crippen molar-refractivity contribution in [2.45, 2.75) is 19.0 Å². The molecule has 0 bridgehead atoms. The lowest BCUT2D eigenvalue weighted by Gasteiger charge is -2.22. The SMILES string of the molecule is COCc1nnc(N2CCOCC3(C2)CC3(F)F)s1. The van der Waals surface area contributed by atoms with Crippen LogP contribution in [0.2, 0.25) is 0 Å². The second-order valence-electron chi connectivity index (χ2n) is 5.05. The van der Waals surface area contributed by atoms with Crippen molar-refractivity contribution in [3.63, 3.8) is 0 Å². The van der Waals surface area contributed by atoms with Gasteiger partial charge in [0.25, 0.3) is 5.92 Å². The molecule has 1 saturated heterocycles. The Morgan fingerprint density at radius 2 is 2.26 bits per heavy atom. The third kappa shape index (κ3) is 2.32. The van der Waals surface area contributed by atoms with E-state index >= 15 is 0 Å². The van der Waals surface area contributed by atoms with Crippen molar-refractivity contribution >= 4 is 16.5 Å². The van der Waals surface area contributed by atoms with E-state index in [0.717, 1.165) is 5.01 Å². The Labute approximate surface area is 113 Å². The summed E-state index contributed by atoms with van der Waals surface area (Å²) in [7, 11) is 1.58. The number of halogens is 2. The minimum Gasteiger partial charge on any atom is -0.379 e. The van der Waals surface area contributed by atoms with Gasteiger partial charge in [0, 0.05) is 26.6 Å². The Balaban J connectivity index is 1.76. The standard InChI is InChI=1S/C11H15F2N3O2S/c1-17-4-8-14-15-9(19-8)16-2-3-18-7-10(6-16)5-11(10,12)13/h2-7H2,1H3. The summed E-state index contributed by atoms with van der Waals surface area (Å²) >= 11 is 1.38. The summed E-state index contributed by atoms with van der Waals surface area (Å²) in [5, 5.41) is 9.46. The number of nitrogens with zero attached hydrogens (tertiary/aromatic N) is 3. The zero-order valence-corrected chi connectivity index (χ0v) is 11.4. The van der Waals surface area contributed by atoms with Crippen molar-refractivity contribution in [2.24, 2.45) is 5.41 Å². The molecule has 3 rings (SSSR count). The van der Waals surface area contributed by atoms with Crippen molar-refractivity contribution in [1.82, 2.24) is 10.2 Å². The molecular weight excluding hydrogens is 276 g/mol. The van der Waals surface area contributed by atoms with Crippen molar-refractivity contribution in [1.29, 1.82) is 0 Å². The predicted octanol–water partition coefficient (Wildman–Crippen LogP) is 1.55. The number of rotatable bonds is 3. The smallest absolute Gasteiger partial charge is 0.258 e. The molecule has 1 spiro atoms. The van der Waals surface area contributed by atoms with Crippen molar-refractivity contribution in [3.8, 4) is 0 Å². The number of methoxy groups -OCH3 is 1. The Bertz CT molecular complexity index is 471. The van der Waals surface area contributed by atoms with Crippen LogP contribution in [0.4, 0.5) is 13.9 Å². The van der Waals surface area contributed by atoms with E-state index in [0.29, 0.717) is 24.9 Å². The fourth-order valence-electron chi connectivity index (χ4n) is 2.36. The maximum Gasteiger partial charge on any atom is 0.258 e. The van der Waals surface area contributed by atoms with Gasteiger partial charge in [-0.15, -0.1) is 10.2 Å². The summed E-state index contributed by atoms with van der Waals surface area (Å²) in [6.45, 7) is 1.81. The Kier molecular flexibility index (Phi) is 3.18. The van der Waals surface area contributed by atoms with Gasteiger partial charge in [-0.1, -0.05) is 11.3 Å². The van der Waals surface area contributed by atoms with Gasteiger partial charge >= 0.3 is 0 Å². The predicted molar refractivity (Wildman–Crippen MR) is 65.7 cm³/mol. The number of anilines is 1. The average molecular weight is 291 g/mol. The largest absolute Gasteiger partial charge is 0.379 e. The number of hydrogen-bond donors (Lipinski definition) is 0. The lowest BCUT2D eigenvalue weighted by molar-refractivity contribution is 0.0237. The summed E-state index contributed by atoms with van der Waals surface area (Å²) in [4.78, 5) is 1.85. The highest BCUT2D eigenvalue weighted by atomic mass is 32.1. The molecule has 5 nitrogen and oxygen atoms in total. The van der Waals surface area contributed by atoms with E-state index in [9.17, 15) is 8.78 Å². The monoisotopic (exact) mass is 291 g/mol. The van der Waals surface area contributed by atoms with E-state index < -0.39 is 11.3 Å². The molecule has 1 aliphatic heterocycles. The van der Waals surface area contributed by atoms with Gasteiger partial charge in [0.2, 0.25) is 5.13 Å². The average Bonchev–Trinajstić information content (AvgIpc) is 2.70.